The lowest BCUT2D eigenvalue weighted by Crippen LogP contribution is -2.19. The molecule has 26 heavy (non-hydrogen) atoms. The van der Waals surface area contributed by atoms with Crippen molar-refractivity contribution in [2.75, 3.05) is 25.0 Å². The molecule has 2 aromatic heterocycles. The summed E-state index contributed by atoms with van der Waals surface area (Å²) in [6.45, 7) is 2.14. The van der Waals surface area contributed by atoms with Crippen LogP contribution in [0.1, 0.15) is 18.4 Å². The van der Waals surface area contributed by atoms with Crippen molar-refractivity contribution in [1.29, 1.82) is 0 Å². The number of nitrogens with zero attached hydrogens (tertiary/aromatic N) is 5. The highest BCUT2D eigenvalue weighted by Crippen LogP contribution is 2.25. The Kier molecular flexibility index (Phi) is 4.39. The third-order valence-corrected chi connectivity index (χ3v) is 4.76. The van der Waals surface area contributed by atoms with Gasteiger partial charge in [-0.05, 0) is 30.5 Å². The highest BCUT2D eigenvalue weighted by Gasteiger charge is 2.15. The van der Waals surface area contributed by atoms with Crippen LogP contribution in [0.4, 0.5) is 5.82 Å². The maximum absolute atomic E-state index is 5.76. The average Bonchev–Trinajstić information content (AvgIpc) is 3.35. The van der Waals surface area contributed by atoms with Crippen LogP contribution in [0, 0.1) is 0 Å². The van der Waals surface area contributed by atoms with Crippen molar-refractivity contribution >= 4 is 28.5 Å². The maximum Gasteiger partial charge on any atom is 0.130 e. The first-order valence-corrected chi connectivity index (χ1v) is 8.84. The minimum atomic E-state index is 0.884. The Bertz CT molecular complexity index is 979. The minimum absolute atomic E-state index is 0.884. The van der Waals surface area contributed by atoms with E-state index in [4.69, 9.17) is 5.73 Å². The number of aliphatic imine (C=N–C) groups is 1. The van der Waals surface area contributed by atoms with Crippen LogP contribution in [0.3, 0.4) is 0 Å². The molecule has 1 aliphatic heterocycles. The zero-order valence-electron chi connectivity index (χ0n) is 14.8. The van der Waals surface area contributed by atoms with Gasteiger partial charge in [-0.1, -0.05) is 12.1 Å². The van der Waals surface area contributed by atoms with Crippen molar-refractivity contribution in [2.45, 2.75) is 12.8 Å². The van der Waals surface area contributed by atoms with Crippen molar-refractivity contribution in [3.63, 3.8) is 0 Å². The fourth-order valence-electron chi connectivity index (χ4n) is 3.42. The van der Waals surface area contributed by atoms with Crippen molar-refractivity contribution in [3.8, 4) is 5.69 Å². The molecule has 1 saturated heterocycles. The van der Waals surface area contributed by atoms with Crippen LogP contribution in [-0.2, 0) is 0 Å². The third-order valence-electron chi connectivity index (χ3n) is 4.76. The number of aromatic nitrogens is 3. The van der Waals surface area contributed by atoms with Gasteiger partial charge in [-0.3, -0.25) is 4.99 Å². The van der Waals surface area contributed by atoms with Gasteiger partial charge in [0, 0.05) is 55.8 Å². The normalized spacial score (nSPS) is 15.4. The van der Waals surface area contributed by atoms with E-state index in [-0.39, 0.29) is 0 Å². The highest BCUT2D eigenvalue weighted by molar-refractivity contribution is 6.10. The van der Waals surface area contributed by atoms with E-state index >= 15 is 0 Å². The van der Waals surface area contributed by atoms with E-state index in [0.29, 0.717) is 0 Å². The monoisotopic (exact) mass is 346 g/mol. The van der Waals surface area contributed by atoms with E-state index in [1.807, 2.05) is 29.2 Å². The molecule has 3 heterocycles. The number of nitrogens with two attached hydrogens (primary N) is 1. The predicted molar refractivity (Wildman–Crippen MR) is 107 cm³/mol. The summed E-state index contributed by atoms with van der Waals surface area (Å²) in [5, 5.41) is 5.67. The number of fused-ring (bicyclic) bond motifs is 1. The largest absolute Gasteiger partial charge is 0.404 e. The molecule has 3 aromatic rings. The Morgan fingerprint density at radius 2 is 2.04 bits per heavy atom. The van der Waals surface area contributed by atoms with Gasteiger partial charge >= 0.3 is 0 Å². The SMILES string of the molecule is CN=C/C(=C\N)c1ccc2cnn(-c3ccnc(N4CCCC4)c3)c2c1. The summed E-state index contributed by atoms with van der Waals surface area (Å²) in [7, 11) is 1.74. The van der Waals surface area contributed by atoms with E-state index in [1.165, 1.54) is 12.8 Å². The highest BCUT2D eigenvalue weighted by atomic mass is 15.3. The summed E-state index contributed by atoms with van der Waals surface area (Å²) in [5.74, 6) is 1.01. The number of pyridine rings is 1. The minimum Gasteiger partial charge on any atom is -0.404 e. The fraction of sp³-hybridized carbons (Fsp3) is 0.250. The molecule has 132 valence electrons. The topological polar surface area (TPSA) is 72.3 Å². The first-order valence-electron chi connectivity index (χ1n) is 8.84. The molecule has 1 aliphatic rings. The van der Waals surface area contributed by atoms with Crippen LogP contribution in [0.25, 0.3) is 22.2 Å². The lowest BCUT2D eigenvalue weighted by Gasteiger charge is -2.17. The maximum atomic E-state index is 5.76. The van der Waals surface area contributed by atoms with Gasteiger partial charge in [0.1, 0.15) is 5.82 Å². The molecule has 0 amide bonds. The number of hydrogen-bond donors (Lipinski definition) is 1. The molecule has 6 heteroatoms. The number of hydrogen-bond acceptors (Lipinski definition) is 5. The Balaban J connectivity index is 1.78. The van der Waals surface area contributed by atoms with Crippen LogP contribution < -0.4 is 10.6 Å². The Morgan fingerprint density at radius 1 is 1.19 bits per heavy atom. The molecule has 4 rings (SSSR count). The molecule has 0 aliphatic carbocycles. The molecule has 1 fully saturated rings. The Labute approximate surface area is 152 Å². The number of allylic oxidation sites excluding steroid dienone is 1. The fourth-order valence-corrected chi connectivity index (χ4v) is 3.42. The Hall–Kier alpha value is -3.15. The van der Waals surface area contributed by atoms with E-state index in [0.717, 1.165) is 46.6 Å². The van der Waals surface area contributed by atoms with Crippen molar-refractivity contribution in [2.24, 2.45) is 10.7 Å². The molecule has 6 nitrogen and oxygen atoms in total. The molecule has 0 atom stereocenters. The van der Waals surface area contributed by atoms with E-state index in [2.05, 4.69) is 38.2 Å². The molecule has 2 N–H and O–H groups in total. The summed E-state index contributed by atoms with van der Waals surface area (Å²) in [4.78, 5) is 10.9. The van der Waals surface area contributed by atoms with Crippen LogP contribution in [-0.4, -0.2) is 41.1 Å². The van der Waals surface area contributed by atoms with Crippen LogP contribution in [0.15, 0.2) is 53.9 Å². The van der Waals surface area contributed by atoms with Gasteiger partial charge in [-0.25, -0.2) is 9.67 Å². The lowest BCUT2D eigenvalue weighted by molar-refractivity contribution is 0.892. The van der Waals surface area contributed by atoms with Gasteiger partial charge in [0.2, 0.25) is 0 Å². The smallest absolute Gasteiger partial charge is 0.130 e. The zero-order chi connectivity index (χ0) is 17.9. The molecule has 1 aromatic carbocycles. The van der Waals surface area contributed by atoms with Gasteiger partial charge in [-0.2, -0.15) is 5.10 Å². The Morgan fingerprint density at radius 3 is 2.81 bits per heavy atom. The van der Waals surface area contributed by atoms with Crippen LogP contribution in [0.5, 0.6) is 0 Å². The molecule has 0 unspecified atom stereocenters. The first-order chi connectivity index (χ1) is 12.8. The van der Waals surface area contributed by atoms with Crippen LogP contribution in [0.2, 0.25) is 0 Å². The summed E-state index contributed by atoms with van der Waals surface area (Å²) in [6.07, 6.45) is 9.54. The van der Waals surface area contributed by atoms with Gasteiger partial charge < -0.3 is 10.6 Å². The van der Waals surface area contributed by atoms with E-state index in [1.54, 1.807) is 19.5 Å². The third kappa shape index (κ3) is 2.94. The predicted octanol–water partition coefficient (Wildman–Crippen LogP) is 3.02. The standard InChI is InChI=1S/C20H22N6/c1-22-13-17(12-21)15-4-5-16-14-24-26(19(16)10-15)18-6-7-23-20(11-18)25-8-2-3-9-25/h4-7,10-14H,2-3,8-9,21H2,1H3/b17-12+,22-13?. The first kappa shape index (κ1) is 16.3. The average molecular weight is 346 g/mol. The molecule has 0 spiro atoms. The zero-order valence-corrected chi connectivity index (χ0v) is 14.8. The van der Waals surface area contributed by atoms with Gasteiger partial charge in [0.15, 0.2) is 0 Å². The van der Waals surface area contributed by atoms with Crippen LogP contribution >= 0.6 is 0 Å². The second-order valence-electron chi connectivity index (χ2n) is 6.41. The second kappa shape index (κ2) is 7.00. The molecule has 0 saturated carbocycles. The summed E-state index contributed by atoms with van der Waals surface area (Å²) >= 11 is 0. The summed E-state index contributed by atoms with van der Waals surface area (Å²) < 4.78 is 1.96. The van der Waals surface area contributed by atoms with Crippen molar-refractivity contribution in [3.05, 3.63) is 54.5 Å². The number of anilines is 1. The summed E-state index contributed by atoms with van der Waals surface area (Å²) in [5.41, 5.74) is 9.70. The molecule has 0 bridgehead atoms. The summed E-state index contributed by atoms with van der Waals surface area (Å²) in [6, 6.07) is 10.3. The number of benzene rings is 1. The van der Waals surface area contributed by atoms with E-state index < -0.39 is 0 Å². The van der Waals surface area contributed by atoms with Crippen molar-refractivity contribution < 1.29 is 0 Å². The van der Waals surface area contributed by atoms with Gasteiger partial charge in [-0.15, -0.1) is 0 Å². The quantitative estimate of drug-likeness (QED) is 0.737. The van der Waals surface area contributed by atoms with Gasteiger partial charge in [0.05, 0.1) is 17.4 Å². The van der Waals surface area contributed by atoms with Crippen molar-refractivity contribution in [1.82, 2.24) is 14.8 Å². The number of rotatable bonds is 4. The van der Waals surface area contributed by atoms with Gasteiger partial charge in [0.25, 0.3) is 0 Å². The van der Waals surface area contributed by atoms with E-state index in [9.17, 15) is 0 Å². The molecular formula is C20H22N6. The molecule has 0 radical (unpaired) electrons. The lowest BCUT2D eigenvalue weighted by atomic mass is 10.1. The molecular weight excluding hydrogens is 324 g/mol. The second-order valence-corrected chi connectivity index (χ2v) is 6.41.